The van der Waals surface area contributed by atoms with Crippen LogP contribution >= 0.6 is 0 Å². The van der Waals surface area contributed by atoms with Gasteiger partial charge in [0.05, 0.1) is 25.9 Å². The molecule has 6 nitrogen and oxygen atoms in total. The summed E-state index contributed by atoms with van der Waals surface area (Å²) in [6.45, 7) is 0.551. The number of rotatable bonds is 6. The number of hydrogen-bond acceptors (Lipinski definition) is 5. The summed E-state index contributed by atoms with van der Waals surface area (Å²) in [6, 6.07) is 7.18. The minimum Gasteiger partial charge on any atom is -0.495 e. The van der Waals surface area contributed by atoms with E-state index in [1.165, 1.54) is 13.2 Å². The highest BCUT2D eigenvalue weighted by Crippen LogP contribution is 2.26. The van der Waals surface area contributed by atoms with Gasteiger partial charge in [0.1, 0.15) is 11.4 Å². The van der Waals surface area contributed by atoms with Crippen molar-refractivity contribution in [2.75, 3.05) is 32.7 Å². The van der Waals surface area contributed by atoms with Crippen LogP contribution in [0.25, 0.3) is 0 Å². The molecule has 0 fully saturated rings. The van der Waals surface area contributed by atoms with Gasteiger partial charge in [0.25, 0.3) is 11.8 Å². The van der Waals surface area contributed by atoms with E-state index < -0.39 is 0 Å². The highest BCUT2D eigenvalue weighted by Gasteiger charge is 2.31. The first kappa shape index (κ1) is 14.1. The van der Waals surface area contributed by atoms with Crippen molar-refractivity contribution in [3.63, 3.8) is 0 Å². The van der Waals surface area contributed by atoms with E-state index in [-0.39, 0.29) is 24.1 Å². The van der Waals surface area contributed by atoms with Crippen LogP contribution in [0.4, 0.5) is 5.69 Å². The molecule has 20 heavy (non-hydrogen) atoms. The Labute approximate surface area is 117 Å². The van der Waals surface area contributed by atoms with E-state index in [2.05, 4.69) is 5.32 Å². The Kier molecular flexibility index (Phi) is 4.37. The van der Waals surface area contributed by atoms with Crippen molar-refractivity contribution in [3.05, 3.63) is 36.0 Å². The molecule has 0 bridgehead atoms. The maximum Gasteiger partial charge on any atom is 0.277 e. The molecule has 0 spiro atoms. The molecule has 1 N–H and O–H groups in total. The summed E-state index contributed by atoms with van der Waals surface area (Å²) in [5, 5.41) is 2.93. The lowest BCUT2D eigenvalue weighted by Crippen LogP contribution is -2.34. The number of hydrogen-bond donors (Lipinski definition) is 1. The van der Waals surface area contributed by atoms with Crippen molar-refractivity contribution in [3.8, 4) is 5.75 Å². The van der Waals surface area contributed by atoms with Gasteiger partial charge in [-0.15, -0.1) is 0 Å². The molecule has 0 saturated heterocycles. The van der Waals surface area contributed by atoms with Gasteiger partial charge >= 0.3 is 0 Å². The van der Waals surface area contributed by atoms with Gasteiger partial charge in [0.2, 0.25) is 0 Å². The highest BCUT2D eigenvalue weighted by molar-refractivity contribution is 6.17. The number of benzene rings is 1. The molecule has 0 aliphatic carbocycles. The van der Waals surface area contributed by atoms with E-state index in [0.29, 0.717) is 18.0 Å². The monoisotopic (exact) mass is 276 g/mol. The third kappa shape index (κ3) is 2.80. The SMILES string of the molecule is COCCN1C(=O)C=C(Nc2ccccc2OC)C1=O. The second-order valence-corrected chi connectivity index (χ2v) is 4.17. The van der Waals surface area contributed by atoms with Gasteiger partial charge in [-0.25, -0.2) is 0 Å². The molecule has 106 valence electrons. The minimum absolute atomic E-state index is 0.232. The Morgan fingerprint density at radius 1 is 1.20 bits per heavy atom. The summed E-state index contributed by atoms with van der Waals surface area (Å²) in [5.74, 6) is -0.105. The van der Waals surface area contributed by atoms with Crippen LogP contribution < -0.4 is 10.1 Å². The van der Waals surface area contributed by atoms with E-state index in [4.69, 9.17) is 9.47 Å². The molecular weight excluding hydrogens is 260 g/mol. The predicted octanol–water partition coefficient (Wildman–Crippen LogP) is 1.01. The molecular formula is C14H16N2O4. The smallest absolute Gasteiger partial charge is 0.277 e. The maximum absolute atomic E-state index is 12.1. The summed E-state index contributed by atoms with van der Waals surface area (Å²) in [5.41, 5.74) is 0.867. The van der Waals surface area contributed by atoms with Gasteiger partial charge in [-0.05, 0) is 12.1 Å². The van der Waals surface area contributed by atoms with Crippen LogP contribution in [0.15, 0.2) is 36.0 Å². The van der Waals surface area contributed by atoms with Crippen molar-refractivity contribution >= 4 is 17.5 Å². The third-order valence-electron chi connectivity index (χ3n) is 2.90. The summed E-state index contributed by atoms with van der Waals surface area (Å²) in [6.07, 6.45) is 1.28. The average Bonchev–Trinajstić information content (AvgIpc) is 2.72. The lowest BCUT2D eigenvalue weighted by molar-refractivity contribution is -0.137. The Bertz CT molecular complexity index is 554. The number of methoxy groups -OCH3 is 2. The van der Waals surface area contributed by atoms with Crippen LogP contribution in [0, 0.1) is 0 Å². The van der Waals surface area contributed by atoms with Gasteiger partial charge in [-0.2, -0.15) is 0 Å². The first-order chi connectivity index (χ1) is 9.67. The molecule has 0 aromatic heterocycles. The quantitative estimate of drug-likeness (QED) is 0.785. The molecule has 0 saturated carbocycles. The third-order valence-corrected chi connectivity index (χ3v) is 2.90. The number of nitrogens with one attached hydrogen (secondary N) is 1. The molecule has 1 aromatic rings. The highest BCUT2D eigenvalue weighted by atomic mass is 16.5. The second-order valence-electron chi connectivity index (χ2n) is 4.17. The largest absolute Gasteiger partial charge is 0.495 e. The zero-order valence-electron chi connectivity index (χ0n) is 11.4. The Balaban J connectivity index is 2.12. The molecule has 0 unspecified atom stereocenters. The van der Waals surface area contributed by atoms with Crippen molar-refractivity contribution in [2.24, 2.45) is 0 Å². The fourth-order valence-corrected chi connectivity index (χ4v) is 1.89. The van der Waals surface area contributed by atoms with Crippen molar-refractivity contribution in [2.45, 2.75) is 0 Å². The molecule has 1 heterocycles. The van der Waals surface area contributed by atoms with Crippen molar-refractivity contribution in [1.29, 1.82) is 0 Å². The van der Waals surface area contributed by atoms with Crippen LogP contribution in [0.2, 0.25) is 0 Å². The average molecular weight is 276 g/mol. The molecule has 1 aromatic carbocycles. The fraction of sp³-hybridized carbons (Fsp3) is 0.286. The zero-order chi connectivity index (χ0) is 14.5. The van der Waals surface area contributed by atoms with Gasteiger partial charge in [0.15, 0.2) is 0 Å². The summed E-state index contributed by atoms with van der Waals surface area (Å²) >= 11 is 0. The summed E-state index contributed by atoms with van der Waals surface area (Å²) in [4.78, 5) is 25.0. The van der Waals surface area contributed by atoms with Crippen LogP contribution in [0.1, 0.15) is 0 Å². The summed E-state index contributed by atoms with van der Waals surface area (Å²) in [7, 11) is 3.06. The van der Waals surface area contributed by atoms with Gasteiger partial charge in [0, 0.05) is 13.2 Å². The lowest BCUT2D eigenvalue weighted by Gasteiger charge is -2.15. The van der Waals surface area contributed by atoms with E-state index in [1.807, 2.05) is 12.1 Å². The molecule has 0 atom stereocenters. The first-order valence-electron chi connectivity index (χ1n) is 6.14. The van der Waals surface area contributed by atoms with Gasteiger partial charge in [-0.1, -0.05) is 12.1 Å². The number of imide groups is 1. The standard InChI is InChI=1S/C14H16N2O4/c1-19-8-7-16-13(17)9-11(14(16)18)15-10-5-3-4-6-12(10)20-2/h3-6,9,15H,7-8H2,1-2H3. The van der Waals surface area contributed by atoms with Gasteiger partial charge in [-0.3, -0.25) is 14.5 Å². The van der Waals surface area contributed by atoms with Crippen molar-refractivity contribution < 1.29 is 19.1 Å². The summed E-state index contributed by atoms with van der Waals surface area (Å²) < 4.78 is 10.1. The molecule has 2 rings (SSSR count). The fourth-order valence-electron chi connectivity index (χ4n) is 1.89. The maximum atomic E-state index is 12.1. The van der Waals surface area contributed by atoms with E-state index >= 15 is 0 Å². The first-order valence-corrected chi connectivity index (χ1v) is 6.14. The van der Waals surface area contributed by atoms with Crippen LogP contribution in [0.3, 0.4) is 0 Å². The minimum atomic E-state index is -0.363. The number of anilines is 1. The molecule has 1 aliphatic rings. The lowest BCUT2D eigenvalue weighted by atomic mass is 10.2. The Hall–Kier alpha value is -2.34. The van der Waals surface area contributed by atoms with Crippen LogP contribution in [-0.2, 0) is 14.3 Å². The second kappa shape index (κ2) is 6.21. The normalized spacial score (nSPS) is 14.5. The van der Waals surface area contributed by atoms with Gasteiger partial charge < -0.3 is 14.8 Å². The Morgan fingerprint density at radius 2 is 1.95 bits per heavy atom. The number of carbonyl (C=O) groups is 2. The van der Waals surface area contributed by atoms with E-state index in [9.17, 15) is 9.59 Å². The number of carbonyl (C=O) groups excluding carboxylic acids is 2. The van der Waals surface area contributed by atoms with Crippen LogP contribution in [-0.4, -0.2) is 44.1 Å². The van der Waals surface area contributed by atoms with Crippen molar-refractivity contribution in [1.82, 2.24) is 4.90 Å². The molecule has 6 heteroatoms. The van der Waals surface area contributed by atoms with Crippen LogP contribution in [0.5, 0.6) is 5.75 Å². The number of nitrogens with zero attached hydrogens (tertiary/aromatic N) is 1. The molecule has 0 radical (unpaired) electrons. The van der Waals surface area contributed by atoms with E-state index in [1.54, 1.807) is 19.2 Å². The Morgan fingerprint density at radius 3 is 2.65 bits per heavy atom. The molecule has 2 amide bonds. The zero-order valence-corrected chi connectivity index (χ0v) is 11.4. The topological polar surface area (TPSA) is 67.9 Å². The number of amides is 2. The predicted molar refractivity (Wildman–Crippen MR) is 73.3 cm³/mol. The number of ether oxygens (including phenoxy) is 2. The molecule has 1 aliphatic heterocycles. The number of para-hydroxylation sites is 2. The van der Waals surface area contributed by atoms with E-state index in [0.717, 1.165) is 4.90 Å².